The molecular weight excluding hydrogens is 368 g/mol. The fourth-order valence-electron chi connectivity index (χ4n) is 2.12. The molecule has 1 aromatic carbocycles. The highest BCUT2D eigenvalue weighted by molar-refractivity contribution is 9.10. The van der Waals surface area contributed by atoms with E-state index in [0.717, 1.165) is 26.3 Å². The fourth-order valence-corrected chi connectivity index (χ4v) is 4.42. The lowest BCUT2D eigenvalue weighted by molar-refractivity contribution is 1.17. The maximum absolute atomic E-state index is 5.99. The zero-order valence-electron chi connectivity index (χ0n) is 11.3. The van der Waals surface area contributed by atoms with Gasteiger partial charge in [-0.05, 0) is 57.9 Å². The third kappa shape index (κ3) is 2.86. The molecule has 0 aliphatic heterocycles. The van der Waals surface area contributed by atoms with Crippen LogP contribution in [0.2, 0.25) is 0 Å². The summed E-state index contributed by atoms with van der Waals surface area (Å²) < 4.78 is 3.24. The van der Waals surface area contributed by atoms with Crippen LogP contribution in [-0.2, 0) is 6.42 Å². The quantitative estimate of drug-likeness (QED) is 0.672. The number of hydrogen-bond donors (Lipinski definition) is 2. The van der Waals surface area contributed by atoms with Crippen LogP contribution >= 0.6 is 39.0 Å². The molecule has 21 heavy (non-hydrogen) atoms. The van der Waals surface area contributed by atoms with Gasteiger partial charge in [-0.2, -0.15) is 0 Å². The second-order valence-electron chi connectivity index (χ2n) is 4.55. The molecule has 0 unspecified atom stereocenters. The highest BCUT2D eigenvalue weighted by Gasteiger charge is 2.10. The smallest absolute Gasteiger partial charge is 0.150 e. The Labute approximate surface area is 139 Å². The maximum atomic E-state index is 5.99. The normalized spacial score (nSPS) is 11.1. The molecule has 0 radical (unpaired) electrons. The minimum Gasteiger partial charge on any atom is -0.396 e. The number of aromatic nitrogens is 2. The van der Waals surface area contributed by atoms with Gasteiger partial charge in [0.15, 0.2) is 4.34 Å². The molecule has 2 heterocycles. The van der Waals surface area contributed by atoms with Crippen molar-refractivity contribution in [3.05, 3.63) is 40.0 Å². The third-order valence-corrected chi connectivity index (χ3v) is 5.76. The molecular formula is C14H13BrN4S2. The van der Waals surface area contributed by atoms with Crippen LogP contribution in [0.4, 0.5) is 11.5 Å². The molecule has 0 amide bonds. The number of nitrogens with zero attached hydrogens (tertiary/aromatic N) is 2. The summed E-state index contributed by atoms with van der Waals surface area (Å²) in [6.45, 7) is 0. The summed E-state index contributed by atoms with van der Waals surface area (Å²) in [5.74, 6) is 0.384. The van der Waals surface area contributed by atoms with Crippen molar-refractivity contribution in [1.29, 1.82) is 0 Å². The number of benzene rings is 1. The molecule has 0 atom stereocenters. The van der Waals surface area contributed by atoms with Crippen molar-refractivity contribution in [1.82, 2.24) is 9.97 Å². The molecule has 0 aliphatic carbocycles. The summed E-state index contributed by atoms with van der Waals surface area (Å²) in [4.78, 5) is 8.59. The van der Waals surface area contributed by atoms with Gasteiger partial charge in [-0.3, -0.25) is 0 Å². The van der Waals surface area contributed by atoms with Crippen LogP contribution in [0.1, 0.15) is 11.1 Å². The van der Waals surface area contributed by atoms with Gasteiger partial charge in [0.1, 0.15) is 5.82 Å². The van der Waals surface area contributed by atoms with Crippen LogP contribution in [0.5, 0.6) is 0 Å². The van der Waals surface area contributed by atoms with Crippen molar-refractivity contribution in [2.75, 3.05) is 17.7 Å². The van der Waals surface area contributed by atoms with Crippen molar-refractivity contribution in [3.8, 4) is 0 Å². The number of nitrogens with two attached hydrogens (primary N) is 2. The molecule has 0 spiro atoms. The Morgan fingerprint density at radius 2 is 2.14 bits per heavy atom. The van der Waals surface area contributed by atoms with Crippen molar-refractivity contribution >= 4 is 60.8 Å². The number of rotatable bonds is 3. The predicted octanol–water partition coefficient (Wildman–Crippen LogP) is 3.93. The molecule has 0 aliphatic rings. The summed E-state index contributed by atoms with van der Waals surface area (Å²) >= 11 is 6.96. The van der Waals surface area contributed by atoms with Crippen LogP contribution in [0.15, 0.2) is 33.2 Å². The van der Waals surface area contributed by atoms with Gasteiger partial charge in [0, 0.05) is 10.7 Å². The third-order valence-electron chi connectivity index (χ3n) is 3.17. The topological polar surface area (TPSA) is 77.8 Å². The largest absolute Gasteiger partial charge is 0.396 e. The number of hydrogen-bond acceptors (Lipinski definition) is 6. The molecule has 0 saturated heterocycles. The van der Waals surface area contributed by atoms with Gasteiger partial charge in [0.05, 0.1) is 15.9 Å². The number of anilines is 2. The zero-order valence-corrected chi connectivity index (χ0v) is 14.5. The van der Waals surface area contributed by atoms with Gasteiger partial charge in [0.25, 0.3) is 0 Å². The van der Waals surface area contributed by atoms with E-state index in [0.29, 0.717) is 11.5 Å². The average molecular weight is 381 g/mol. The van der Waals surface area contributed by atoms with Crippen LogP contribution in [0, 0.1) is 0 Å². The van der Waals surface area contributed by atoms with Gasteiger partial charge >= 0.3 is 0 Å². The van der Waals surface area contributed by atoms with E-state index in [1.165, 1.54) is 10.3 Å². The van der Waals surface area contributed by atoms with Gasteiger partial charge in [-0.25, -0.2) is 9.97 Å². The van der Waals surface area contributed by atoms with Crippen molar-refractivity contribution in [3.63, 3.8) is 0 Å². The van der Waals surface area contributed by atoms with E-state index in [1.54, 1.807) is 29.3 Å². The fraction of sp³-hybridized carbons (Fsp3) is 0.143. The highest BCUT2D eigenvalue weighted by atomic mass is 79.9. The Bertz CT molecular complexity index is 816. The van der Waals surface area contributed by atoms with E-state index < -0.39 is 0 Å². The van der Waals surface area contributed by atoms with Gasteiger partial charge < -0.3 is 11.5 Å². The Morgan fingerprint density at radius 1 is 1.33 bits per heavy atom. The first-order chi connectivity index (χ1) is 10.1. The molecule has 2 aromatic heterocycles. The summed E-state index contributed by atoms with van der Waals surface area (Å²) in [5, 5.41) is 0. The first-order valence-corrected chi connectivity index (χ1v) is 9.03. The van der Waals surface area contributed by atoms with Crippen molar-refractivity contribution in [2.45, 2.75) is 10.8 Å². The average Bonchev–Trinajstić information content (AvgIpc) is 2.88. The molecule has 3 aromatic rings. The van der Waals surface area contributed by atoms with Gasteiger partial charge in [-0.15, -0.1) is 11.3 Å². The monoisotopic (exact) mass is 380 g/mol. The van der Waals surface area contributed by atoms with Gasteiger partial charge in [-0.1, -0.05) is 11.8 Å². The van der Waals surface area contributed by atoms with E-state index in [9.17, 15) is 0 Å². The Morgan fingerprint density at radius 3 is 2.90 bits per heavy atom. The highest BCUT2D eigenvalue weighted by Crippen LogP contribution is 2.34. The van der Waals surface area contributed by atoms with E-state index in [4.69, 9.17) is 11.5 Å². The Hall–Kier alpha value is -1.31. The van der Waals surface area contributed by atoms with Crippen LogP contribution < -0.4 is 11.5 Å². The molecule has 3 rings (SSSR count). The summed E-state index contributed by atoms with van der Waals surface area (Å²) in [5.41, 5.74) is 15.5. The van der Waals surface area contributed by atoms with Crippen LogP contribution in [0.3, 0.4) is 0 Å². The van der Waals surface area contributed by atoms with E-state index in [-0.39, 0.29) is 0 Å². The minimum absolute atomic E-state index is 0.384. The number of halogens is 1. The summed E-state index contributed by atoms with van der Waals surface area (Å²) in [7, 11) is 0. The lowest BCUT2D eigenvalue weighted by Gasteiger charge is -2.08. The molecule has 0 saturated carbocycles. The molecule has 0 bridgehead atoms. The first-order valence-electron chi connectivity index (χ1n) is 6.20. The van der Waals surface area contributed by atoms with Crippen molar-refractivity contribution < 1.29 is 0 Å². The molecule has 7 heteroatoms. The number of nitrogen functional groups attached to an aromatic ring is 2. The number of thiazole rings is 1. The van der Waals surface area contributed by atoms with Crippen LogP contribution in [-0.4, -0.2) is 16.2 Å². The number of fused-ring (bicyclic) bond motifs is 1. The Balaban J connectivity index is 2.02. The zero-order chi connectivity index (χ0) is 15.0. The maximum Gasteiger partial charge on any atom is 0.150 e. The SMILES string of the molecule is CSc1nc2c(Br)cc(Cc3ccnc(N)c3N)cc2s1. The predicted molar refractivity (Wildman–Crippen MR) is 95.0 cm³/mol. The Kier molecular flexibility index (Phi) is 4.05. The second kappa shape index (κ2) is 5.82. The molecule has 108 valence electrons. The number of thioether (sulfide) groups is 1. The van der Waals surface area contributed by atoms with Gasteiger partial charge in [0.2, 0.25) is 0 Å². The molecule has 4 nitrogen and oxygen atoms in total. The molecule has 4 N–H and O–H groups in total. The van der Waals surface area contributed by atoms with E-state index in [1.807, 2.05) is 12.3 Å². The number of pyridine rings is 1. The summed E-state index contributed by atoms with van der Waals surface area (Å²) in [6.07, 6.45) is 4.44. The van der Waals surface area contributed by atoms with E-state index in [2.05, 4.69) is 38.0 Å². The molecule has 0 fully saturated rings. The lowest BCUT2D eigenvalue weighted by atomic mass is 10.0. The first kappa shape index (κ1) is 14.6. The second-order valence-corrected chi connectivity index (χ2v) is 7.49. The van der Waals surface area contributed by atoms with Crippen LogP contribution in [0.25, 0.3) is 10.2 Å². The lowest BCUT2D eigenvalue weighted by Crippen LogP contribution is -2.02. The summed E-state index contributed by atoms with van der Waals surface area (Å²) in [6, 6.07) is 6.15. The minimum atomic E-state index is 0.384. The standard InChI is InChI=1S/C14H13BrN4S2/c1-20-14-19-12-9(15)5-7(6-10(12)21-14)4-8-2-3-18-13(17)11(8)16/h2-3,5-6H,4,16H2,1H3,(H2,17,18). The van der Waals surface area contributed by atoms with E-state index >= 15 is 0 Å². The van der Waals surface area contributed by atoms with Crippen molar-refractivity contribution in [2.24, 2.45) is 0 Å².